The van der Waals surface area contributed by atoms with E-state index in [2.05, 4.69) is 16.8 Å². The maximum atomic E-state index is 13.1. The molecule has 2 fully saturated rings. The highest BCUT2D eigenvalue weighted by Crippen LogP contribution is 2.31. The molecule has 1 aliphatic heterocycles. The minimum absolute atomic E-state index is 0.0207. The maximum absolute atomic E-state index is 13.1. The summed E-state index contributed by atoms with van der Waals surface area (Å²) in [6, 6.07) is 4.35. The Hall–Kier alpha value is -2.08. The summed E-state index contributed by atoms with van der Waals surface area (Å²) in [4.78, 5) is 21.8. The van der Waals surface area contributed by atoms with E-state index in [0.717, 1.165) is 37.5 Å². The lowest BCUT2D eigenvalue weighted by molar-refractivity contribution is 0.0683. The van der Waals surface area contributed by atoms with E-state index in [1.54, 1.807) is 6.20 Å². The lowest BCUT2D eigenvalue weighted by Crippen LogP contribution is -2.33. The van der Waals surface area contributed by atoms with E-state index >= 15 is 0 Å². The molecule has 6 nitrogen and oxygen atoms in total. The second-order valence-corrected chi connectivity index (χ2v) is 7.59. The van der Waals surface area contributed by atoms with Gasteiger partial charge in [-0.3, -0.25) is 9.69 Å². The molecule has 2 aliphatic rings. The Morgan fingerprint density at radius 3 is 2.73 bits per heavy atom. The summed E-state index contributed by atoms with van der Waals surface area (Å²) in [5, 5.41) is 0. The minimum Gasteiger partial charge on any atom is -0.454 e. The molecule has 3 heterocycles. The summed E-state index contributed by atoms with van der Waals surface area (Å²) in [5.74, 6) is 2.22. The van der Waals surface area contributed by atoms with Gasteiger partial charge in [-0.15, -0.1) is 0 Å². The van der Waals surface area contributed by atoms with Crippen molar-refractivity contribution >= 4 is 5.91 Å². The van der Waals surface area contributed by atoms with Gasteiger partial charge in [0, 0.05) is 25.5 Å². The fourth-order valence-corrected chi connectivity index (χ4v) is 3.77. The van der Waals surface area contributed by atoms with Gasteiger partial charge in [-0.2, -0.15) is 0 Å². The number of rotatable bonds is 6. The summed E-state index contributed by atoms with van der Waals surface area (Å²) in [7, 11) is 1.96. The zero-order valence-electron chi connectivity index (χ0n) is 15.7. The van der Waals surface area contributed by atoms with Crippen LogP contribution in [0.5, 0.6) is 0 Å². The minimum atomic E-state index is -0.0207. The Labute approximate surface area is 154 Å². The molecule has 0 N–H and O–H groups in total. The summed E-state index contributed by atoms with van der Waals surface area (Å²) in [6.45, 7) is 4.92. The van der Waals surface area contributed by atoms with Gasteiger partial charge in [-0.1, -0.05) is 6.42 Å². The smallest absolute Gasteiger partial charge is 0.290 e. The van der Waals surface area contributed by atoms with E-state index in [1.165, 1.54) is 19.3 Å². The van der Waals surface area contributed by atoms with Crippen LogP contribution in [0.4, 0.5) is 0 Å². The Bertz CT molecular complexity index is 755. The molecule has 2 aromatic rings. The zero-order chi connectivity index (χ0) is 18.1. The summed E-state index contributed by atoms with van der Waals surface area (Å²) < 4.78 is 7.98. The molecule has 0 bridgehead atoms. The van der Waals surface area contributed by atoms with Crippen molar-refractivity contribution in [3.05, 3.63) is 41.9 Å². The molecule has 1 amide bonds. The van der Waals surface area contributed by atoms with Crippen molar-refractivity contribution in [1.82, 2.24) is 19.4 Å². The second-order valence-electron chi connectivity index (χ2n) is 7.59. The number of furan rings is 1. The number of aromatic nitrogens is 2. The van der Waals surface area contributed by atoms with Gasteiger partial charge < -0.3 is 13.9 Å². The summed E-state index contributed by atoms with van der Waals surface area (Å²) >= 11 is 0. The van der Waals surface area contributed by atoms with E-state index in [9.17, 15) is 4.79 Å². The van der Waals surface area contributed by atoms with Crippen molar-refractivity contribution in [3.8, 4) is 0 Å². The lowest BCUT2D eigenvalue weighted by Gasteiger charge is -2.31. The van der Waals surface area contributed by atoms with Crippen LogP contribution in [0.2, 0.25) is 0 Å². The van der Waals surface area contributed by atoms with Crippen LogP contribution in [0.25, 0.3) is 0 Å². The quantitative estimate of drug-likeness (QED) is 0.796. The van der Waals surface area contributed by atoms with E-state index in [1.807, 2.05) is 34.8 Å². The first-order valence-corrected chi connectivity index (χ1v) is 9.74. The van der Waals surface area contributed by atoms with E-state index in [0.29, 0.717) is 18.3 Å². The van der Waals surface area contributed by atoms with Gasteiger partial charge in [-0.25, -0.2) is 4.98 Å². The normalized spacial score (nSPS) is 19.5. The fraction of sp³-hybridized carbons (Fsp3) is 0.600. The van der Waals surface area contributed by atoms with Gasteiger partial charge in [0.15, 0.2) is 5.76 Å². The monoisotopic (exact) mass is 356 g/mol. The van der Waals surface area contributed by atoms with Crippen LogP contribution in [0.1, 0.15) is 67.2 Å². The van der Waals surface area contributed by atoms with E-state index in [-0.39, 0.29) is 11.9 Å². The molecule has 6 heteroatoms. The van der Waals surface area contributed by atoms with Crippen molar-refractivity contribution in [2.24, 2.45) is 7.05 Å². The topological polar surface area (TPSA) is 54.5 Å². The summed E-state index contributed by atoms with van der Waals surface area (Å²) in [6.07, 6.45) is 9.62. The molecule has 1 saturated heterocycles. The number of carbonyl (C=O) groups is 1. The molecule has 1 atom stereocenters. The Morgan fingerprint density at radius 1 is 1.31 bits per heavy atom. The molecule has 1 saturated carbocycles. The highest BCUT2D eigenvalue weighted by molar-refractivity contribution is 5.92. The number of aryl methyl sites for hydroxylation is 1. The van der Waals surface area contributed by atoms with Gasteiger partial charge in [0.25, 0.3) is 5.91 Å². The van der Waals surface area contributed by atoms with Gasteiger partial charge >= 0.3 is 0 Å². The number of likely N-dealkylation sites (tertiary alicyclic amines) is 1. The first-order chi connectivity index (χ1) is 12.6. The van der Waals surface area contributed by atoms with Crippen LogP contribution in [-0.4, -0.2) is 44.4 Å². The van der Waals surface area contributed by atoms with Crippen LogP contribution >= 0.6 is 0 Å². The molecule has 4 rings (SSSR count). The number of piperidine rings is 1. The maximum Gasteiger partial charge on any atom is 0.290 e. The Balaban J connectivity index is 1.48. The molecule has 1 aliphatic carbocycles. The van der Waals surface area contributed by atoms with Gasteiger partial charge in [0.1, 0.15) is 11.6 Å². The predicted octanol–water partition coefficient (Wildman–Crippen LogP) is 3.36. The third-order valence-electron chi connectivity index (χ3n) is 5.67. The van der Waals surface area contributed by atoms with Crippen molar-refractivity contribution in [2.45, 2.75) is 57.7 Å². The molecular formula is C20H28N4O2. The van der Waals surface area contributed by atoms with Crippen molar-refractivity contribution < 1.29 is 9.21 Å². The van der Waals surface area contributed by atoms with Crippen molar-refractivity contribution in [2.75, 3.05) is 13.1 Å². The molecule has 0 aromatic carbocycles. The Kier molecular flexibility index (Phi) is 4.85. The van der Waals surface area contributed by atoms with E-state index < -0.39 is 0 Å². The van der Waals surface area contributed by atoms with Crippen LogP contribution in [0.15, 0.2) is 28.9 Å². The molecule has 2 aromatic heterocycles. The predicted molar refractivity (Wildman–Crippen MR) is 98.7 cm³/mol. The van der Waals surface area contributed by atoms with Crippen LogP contribution < -0.4 is 0 Å². The number of hydrogen-bond donors (Lipinski definition) is 0. The molecule has 26 heavy (non-hydrogen) atoms. The number of nitrogens with zero attached hydrogens (tertiary/aromatic N) is 4. The van der Waals surface area contributed by atoms with Gasteiger partial charge in [0.2, 0.25) is 0 Å². The molecular weight excluding hydrogens is 328 g/mol. The van der Waals surface area contributed by atoms with Crippen LogP contribution in [0, 0.1) is 0 Å². The SMILES string of the molecule is C[C@@H](c1ccc(C(=O)N(Cc2nccn2C)C2CC2)o1)N1CCCCC1. The summed E-state index contributed by atoms with van der Waals surface area (Å²) in [5.41, 5.74) is 0. The average molecular weight is 356 g/mol. The Morgan fingerprint density at radius 2 is 2.08 bits per heavy atom. The molecule has 0 spiro atoms. The van der Waals surface area contributed by atoms with Crippen LogP contribution in [0.3, 0.4) is 0 Å². The molecule has 0 radical (unpaired) electrons. The third kappa shape index (κ3) is 3.56. The first kappa shape index (κ1) is 17.3. The second kappa shape index (κ2) is 7.27. The largest absolute Gasteiger partial charge is 0.454 e. The van der Waals surface area contributed by atoms with Crippen molar-refractivity contribution in [3.63, 3.8) is 0 Å². The van der Waals surface area contributed by atoms with E-state index in [4.69, 9.17) is 4.42 Å². The lowest BCUT2D eigenvalue weighted by atomic mass is 10.1. The van der Waals surface area contributed by atoms with Crippen molar-refractivity contribution in [1.29, 1.82) is 0 Å². The third-order valence-corrected chi connectivity index (χ3v) is 5.67. The molecule has 0 unspecified atom stereocenters. The van der Waals surface area contributed by atoms with Crippen LogP contribution in [-0.2, 0) is 13.6 Å². The molecule has 140 valence electrons. The average Bonchev–Trinajstić information content (AvgIpc) is 3.24. The number of carbonyl (C=O) groups excluding carboxylic acids is 1. The first-order valence-electron chi connectivity index (χ1n) is 9.74. The number of amides is 1. The zero-order valence-corrected chi connectivity index (χ0v) is 15.7. The highest BCUT2D eigenvalue weighted by atomic mass is 16.4. The van der Waals surface area contributed by atoms with Gasteiger partial charge in [0.05, 0.1) is 12.6 Å². The van der Waals surface area contributed by atoms with Gasteiger partial charge in [-0.05, 0) is 57.8 Å². The fourth-order valence-electron chi connectivity index (χ4n) is 3.77. The number of imidazole rings is 1. The number of hydrogen-bond acceptors (Lipinski definition) is 4. The highest BCUT2D eigenvalue weighted by Gasteiger charge is 2.35. The standard InChI is InChI=1S/C20H28N4O2/c1-15(23-11-4-3-5-12-23)17-8-9-18(26-17)20(25)24(16-6-7-16)14-19-21-10-13-22(19)2/h8-10,13,15-16H,3-7,11-12,14H2,1-2H3/t15-/m0/s1.